The zero-order valence-electron chi connectivity index (χ0n) is 11.1. The molecule has 1 unspecified atom stereocenters. The van der Waals surface area contributed by atoms with Crippen molar-refractivity contribution in [1.29, 1.82) is 0 Å². The minimum atomic E-state index is 0.499. The van der Waals surface area contributed by atoms with E-state index in [9.17, 15) is 0 Å². The third-order valence-electron chi connectivity index (χ3n) is 3.05. The number of rotatable bonds is 4. The SMILES string of the molecule is CS/C(N)=N/N=C1/CCCC1SCc1ccccc1. The zero-order chi connectivity index (χ0) is 13.5. The highest BCUT2D eigenvalue weighted by Gasteiger charge is 2.23. The molecule has 19 heavy (non-hydrogen) atoms. The van der Waals surface area contributed by atoms with Gasteiger partial charge in [-0.15, -0.1) is 16.9 Å². The largest absolute Gasteiger partial charge is 0.377 e. The molecule has 0 aromatic heterocycles. The highest BCUT2D eigenvalue weighted by molar-refractivity contribution is 8.13. The van der Waals surface area contributed by atoms with Gasteiger partial charge in [0.2, 0.25) is 0 Å². The van der Waals surface area contributed by atoms with Crippen molar-refractivity contribution in [3.05, 3.63) is 35.9 Å². The Kier molecular flexibility index (Phi) is 5.79. The first kappa shape index (κ1) is 14.5. The van der Waals surface area contributed by atoms with E-state index in [1.807, 2.05) is 18.0 Å². The average Bonchev–Trinajstić information content (AvgIpc) is 2.91. The van der Waals surface area contributed by atoms with Crippen molar-refractivity contribution < 1.29 is 0 Å². The van der Waals surface area contributed by atoms with Crippen LogP contribution in [0.25, 0.3) is 0 Å². The summed E-state index contributed by atoms with van der Waals surface area (Å²) in [6.07, 6.45) is 5.37. The number of hydrogen-bond acceptors (Lipinski definition) is 4. The van der Waals surface area contributed by atoms with Gasteiger partial charge in [-0.05, 0) is 31.1 Å². The number of thioether (sulfide) groups is 2. The lowest BCUT2D eigenvalue weighted by atomic mass is 10.2. The van der Waals surface area contributed by atoms with Gasteiger partial charge < -0.3 is 5.73 Å². The third kappa shape index (κ3) is 4.58. The molecule has 5 heteroatoms. The van der Waals surface area contributed by atoms with E-state index in [-0.39, 0.29) is 0 Å². The fraction of sp³-hybridized carbons (Fsp3) is 0.429. The zero-order valence-corrected chi connectivity index (χ0v) is 12.7. The summed E-state index contributed by atoms with van der Waals surface area (Å²) in [7, 11) is 0. The van der Waals surface area contributed by atoms with Gasteiger partial charge in [-0.2, -0.15) is 5.10 Å². The van der Waals surface area contributed by atoms with Crippen molar-refractivity contribution in [2.45, 2.75) is 30.3 Å². The number of amidine groups is 1. The van der Waals surface area contributed by atoms with E-state index in [0.717, 1.165) is 12.2 Å². The molecule has 0 saturated heterocycles. The maximum Gasteiger partial charge on any atom is 0.180 e. The smallest absolute Gasteiger partial charge is 0.180 e. The van der Waals surface area contributed by atoms with Crippen molar-refractivity contribution in [1.82, 2.24) is 0 Å². The summed E-state index contributed by atoms with van der Waals surface area (Å²) >= 11 is 3.39. The van der Waals surface area contributed by atoms with E-state index in [1.54, 1.807) is 0 Å². The van der Waals surface area contributed by atoms with Crippen LogP contribution in [-0.2, 0) is 5.75 Å². The molecule has 0 aliphatic heterocycles. The van der Waals surface area contributed by atoms with Crippen LogP contribution >= 0.6 is 23.5 Å². The van der Waals surface area contributed by atoms with Crippen LogP contribution in [0, 0.1) is 0 Å². The predicted octanol–water partition coefficient (Wildman–Crippen LogP) is 3.51. The Hall–Kier alpha value is -0.940. The second-order valence-corrected chi connectivity index (χ2v) is 6.43. The molecule has 102 valence electrons. The molecule has 0 amide bonds. The molecule has 0 spiro atoms. The number of hydrogen-bond donors (Lipinski definition) is 1. The van der Waals surface area contributed by atoms with Gasteiger partial charge in [-0.25, -0.2) is 0 Å². The number of nitrogens with zero attached hydrogens (tertiary/aromatic N) is 2. The maximum atomic E-state index is 5.66. The molecule has 0 bridgehead atoms. The summed E-state index contributed by atoms with van der Waals surface area (Å²) < 4.78 is 0. The van der Waals surface area contributed by atoms with Crippen LogP contribution in [-0.4, -0.2) is 22.4 Å². The topological polar surface area (TPSA) is 50.7 Å². The van der Waals surface area contributed by atoms with Crippen LogP contribution in [0.1, 0.15) is 24.8 Å². The minimum Gasteiger partial charge on any atom is -0.377 e. The molecule has 1 saturated carbocycles. The molecular formula is C14H19N3S2. The number of benzene rings is 1. The molecule has 2 N–H and O–H groups in total. The Morgan fingerprint density at radius 3 is 2.89 bits per heavy atom. The maximum absolute atomic E-state index is 5.66. The number of nitrogens with two attached hydrogens (primary N) is 1. The summed E-state index contributed by atoms with van der Waals surface area (Å²) in [5, 5.41) is 9.42. The van der Waals surface area contributed by atoms with Gasteiger partial charge in [-0.1, -0.05) is 42.1 Å². The Bertz CT molecular complexity index is 457. The summed E-state index contributed by atoms with van der Waals surface area (Å²) in [5.74, 6) is 1.03. The van der Waals surface area contributed by atoms with Gasteiger partial charge in [0.25, 0.3) is 0 Å². The summed E-state index contributed by atoms with van der Waals surface area (Å²) in [6.45, 7) is 0. The molecule has 1 aromatic rings. The van der Waals surface area contributed by atoms with Gasteiger partial charge in [0.15, 0.2) is 5.17 Å². The fourth-order valence-corrected chi connectivity index (χ4v) is 3.41. The molecule has 2 rings (SSSR count). The Morgan fingerprint density at radius 1 is 1.37 bits per heavy atom. The quantitative estimate of drug-likeness (QED) is 0.525. The summed E-state index contributed by atoms with van der Waals surface area (Å²) in [6, 6.07) is 10.6. The molecule has 1 aromatic carbocycles. The van der Waals surface area contributed by atoms with Crippen LogP contribution < -0.4 is 5.73 Å². The first-order valence-electron chi connectivity index (χ1n) is 6.39. The highest BCUT2D eigenvalue weighted by atomic mass is 32.2. The van der Waals surface area contributed by atoms with Crippen LogP contribution in [0.5, 0.6) is 0 Å². The Morgan fingerprint density at radius 2 is 2.16 bits per heavy atom. The predicted molar refractivity (Wildman–Crippen MR) is 87.9 cm³/mol. The second kappa shape index (κ2) is 7.60. The monoisotopic (exact) mass is 293 g/mol. The van der Waals surface area contributed by atoms with Crippen molar-refractivity contribution in [3.8, 4) is 0 Å². The molecular weight excluding hydrogens is 274 g/mol. The standard InChI is InChI=1S/C14H19N3S2/c1-18-14(15)17-16-12-8-5-9-13(12)19-10-11-6-3-2-4-7-11/h2-4,6-7,13H,5,8-10H2,1H3,(H2,15,17)/b16-12-. The van der Waals surface area contributed by atoms with Gasteiger partial charge in [-0.3, -0.25) is 0 Å². The van der Waals surface area contributed by atoms with E-state index in [2.05, 4.69) is 40.5 Å². The first-order valence-corrected chi connectivity index (χ1v) is 8.66. The minimum absolute atomic E-state index is 0.499. The molecule has 1 atom stereocenters. The van der Waals surface area contributed by atoms with Crippen molar-refractivity contribution >= 4 is 34.4 Å². The second-order valence-electron chi connectivity index (χ2n) is 4.41. The molecule has 0 heterocycles. The summed E-state index contributed by atoms with van der Waals surface area (Å²) in [4.78, 5) is 0. The first-order chi connectivity index (χ1) is 9.29. The van der Waals surface area contributed by atoms with E-state index < -0.39 is 0 Å². The van der Waals surface area contributed by atoms with Crippen molar-refractivity contribution in [2.75, 3.05) is 6.26 Å². The van der Waals surface area contributed by atoms with E-state index in [0.29, 0.717) is 10.4 Å². The van der Waals surface area contributed by atoms with Crippen molar-refractivity contribution in [3.63, 3.8) is 0 Å². The lowest BCUT2D eigenvalue weighted by Gasteiger charge is -2.09. The lowest BCUT2D eigenvalue weighted by Crippen LogP contribution is -2.10. The van der Waals surface area contributed by atoms with E-state index in [1.165, 1.54) is 35.9 Å². The van der Waals surface area contributed by atoms with Crippen LogP contribution in [0.15, 0.2) is 40.5 Å². The van der Waals surface area contributed by atoms with Crippen LogP contribution in [0.4, 0.5) is 0 Å². The summed E-state index contributed by atoms with van der Waals surface area (Å²) in [5.41, 5.74) is 8.22. The average molecular weight is 293 g/mol. The highest BCUT2D eigenvalue weighted by Crippen LogP contribution is 2.30. The van der Waals surface area contributed by atoms with Gasteiger partial charge >= 0.3 is 0 Å². The molecule has 1 fully saturated rings. The Labute approximate surface area is 123 Å². The third-order valence-corrected chi connectivity index (χ3v) is 4.96. The molecule has 1 aliphatic carbocycles. The van der Waals surface area contributed by atoms with Crippen molar-refractivity contribution in [2.24, 2.45) is 15.9 Å². The van der Waals surface area contributed by atoms with Crippen LogP contribution in [0.2, 0.25) is 0 Å². The molecule has 3 nitrogen and oxygen atoms in total. The molecule has 0 radical (unpaired) electrons. The van der Waals surface area contributed by atoms with Gasteiger partial charge in [0, 0.05) is 11.0 Å². The normalized spacial score (nSPS) is 22.1. The molecule has 1 aliphatic rings. The lowest BCUT2D eigenvalue weighted by molar-refractivity contribution is 0.893. The van der Waals surface area contributed by atoms with E-state index >= 15 is 0 Å². The fourth-order valence-electron chi connectivity index (χ4n) is 2.02. The van der Waals surface area contributed by atoms with E-state index in [4.69, 9.17) is 5.73 Å². The Balaban J connectivity index is 1.92. The van der Waals surface area contributed by atoms with Gasteiger partial charge in [0.1, 0.15) is 0 Å². The van der Waals surface area contributed by atoms with Crippen LogP contribution in [0.3, 0.4) is 0 Å². The van der Waals surface area contributed by atoms with Gasteiger partial charge in [0.05, 0.1) is 5.71 Å².